The van der Waals surface area contributed by atoms with Crippen LogP contribution in [0.5, 0.6) is 0 Å². The van der Waals surface area contributed by atoms with Crippen LogP contribution in [0.25, 0.3) is 21.8 Å². The standard InChI is InChI=1S/C31H22Cl2N2O6/c1-2-16-10-22-27(35-26-6-4-20(33)12-24(26)29(22)37)13-21(16)28(36)23-11-19(32)3-5-25(23)34-14-15-7-17(30(38)39)9-18(8-15)31(40)41/h3-13,34H,2,14H2,1H3,(H,35,37)(H,38,39)(H,40,41). The van der Waals surface area contributed by atoms with E-state index in [1.807, 2.05) is 6.92 Å². The van der Waals surface area contributed by atoms with E-state index in [0.29, 0.717) is 60.6 Å². The Bertz CT molecular complexity index is 1930. The molecule has 1 heterocycles. The summed E-state index contributed by atoms with van der Waals surface area (Å²) in [4.78, 5) is 53.4. The third-order valence-electron chi connectivity index (χ3n) is 6.81. The SMILES string of the molecule is CCc1cc2c(=O)c3cc(Cl)ccc3[nH]c2cc1C(=O)c1cc(Cl)ccc1NCc1cc(C(=O)O)cc(C(=O)O)c1. The number of hydrogen-bond acceptors (Lipinski definition) is 5. The predicted molar refractivity (Wildman–Crippen MR) is 159 cm³/mol. The van der Waals surface area contributed by atoms with Crippen LogP contribution in [-0.2, 0) is 13.0 Å². The molecule has 5 rings (SSSR count). The molecule has 0 amide bonds. The molecule has 0 spiro atoms. The first-order chi connectivity index (χ1) is 19.5. The molecule has 0 fully saturated rings. The summed E-state index contributed by atoms with van der Waals surface area (Å²) < 4.78 is 0. The van der Waals surface area contributed by atoms with Gasteiger partial charge in [-0.3, -0.25) is 9.59 Å². The van der Waals surface area contributed by atoms with Gasteiger partial charge in [-0.1, -0.05) is 30.1 Å². The molecule has 0 radical (unpaired) electrons. The maximum Gasteiger partial charge on any atom is 0.335 e. The molecule has 4 N–H and O–H groups in total. The molecule has 5 aromatic rings. The molecule has 0 atom stereocenters. The summed E-state index contributed by atoms with van der Waals surface area (Å²) in [6.07, 6.45) is 0.479. The van der Waals surface area contributed by atoms with Gasteiger partial charge < -0.3 is 20.5 Å². The molecule has 0 aliphatic heterocycles. The largest absolute Gasteiger partial charge is 0.478 e. The molecule has 0 bridgehead atoms. The van der Waals surface area contributed by atoms with Gasteiger partial charge in [0.2, 0.25) is 0 Å². The van der Waals surface area contributed by atoms with Crippen LogP contribution in [0.4, 0.5) is 5.69 Å². The van der Waals surface area contributed by atoms with Gasteiger partial charge in [-0.15, -0.1) is 0 Å². The second-order valence-corrected chi connectivity index (χ2v) is 10.3. The molecule has 1 aromatic heterocycles. The number of aromatic amines is 1. The first-order valence-electron chi connectivity index (χ1n) is 12.5. The van der Waals surface area contributed by atoms with Crippen molar-refractivity contribution in [2.75, 3.05) is 5.32 Å². The van der Waals surface area contributed by atoms with Crippen LogP contribution in [-0.4, -0.2) is 32.9 Å². The molecular weight excluding hydrogens is 567 g/mol. The van der Waals surface area contributed by atoms with Crippen LogP contribution >= 0.6 is 23.2 Å². The van der Waals surface area contributed by atoms with Crippen LogP contribution in [0, 0.1) is 0 Å². The molecule has 0 unspecified atom stereocenters. The number of halogens is 2. The summed E-state index contributed by atoms with van der Waals surface area (Å²) in [5.41, 5.74) is 2.69. The van der Waals surface area contributed by atoms with E-state index in [1.54, 1.807) is 42.5 Å². The molecule has 41 heavy (non-hydrogen) atoms. The van der Waals surface area contributed by atoms with Crippen LogP contribution < -0.4 is 10.7 Å². The van der Waals surface area contributed by atoms with Crippen molar-refractivity contribution in [3.8, 4) is 0 Å². The first-order valence-corrected chi connectivity index (χ1v) is 13.3. The van der Waals surface area contributed by atoms with Gasteiger partial charge in [0, 0.05) is 49.7 Å². The minimum Gasteiger partial charge on any atom is -0.478 e. The van der Waals surface area contributed by atoms with Crippen molar-refractivity contribution in [3.63, 3.8) is 0 Å². The van der Waals surface area contributed by atoms with E-state index in [9.17, 15) is 29.4 Å². The second-order valence-electron chi connectivity index (χ2n) is 9.45. The number of aryl methyl sites for hydroxylation is 1. The zero-order valence-electron chi connectivity index (χ0n) is 21.5. The fourth-order valence-corrected chi connectivity index (χ4v) is 5.13. The molecule has 0 saturated carbocycles. The van der Waals surface area contributed by atoms with E-state index in [-0.39, 0.29) is 34.4 Å². The van der Waals surface area contributed by atoms with E-state index in [2.05, 4.69) is 10.3 Å². The Kier molecular flexibility index (Phi) is 7.53. The number of carbonyl (C=O) groups is 3. The normalized spacial score (nSPS) is 11.1. The Morgan fingerprint density at radius 1 is 0.780 bits per heavy atom. The number of ketones is 1. The number of aromatic nitrogens is 1. The molecule has 0 aliphatic rings. The van der Waals surface area contributed by atoms with E-state index in [0.717, 1.165) is 6.07 Å². The maximum absolute atomic E-state index is 14.0. The number of hydrogen-bond donors (Lipinski definition) is 4. The number of aromatic carboxylic acids is 2. The van der Waals surface area contributed by atoms with Crippen LogP contribution in [0.2, 0.25) is 10.0 Å². The summed E-state index contributed by atoms with van der Waals surface area (Å²) in [6.45, 7) is 1.93. The Morgan fingerprint density at radius 3 is 2.07 bits per heavy atom. The highest BCUT2D eigenvalue weighted by Gasteiger charge is 2.20. The summed E-state index contributed by atoms with van der Waals surface area (Å²) in [6, 6.07) is 16.9. The predicted octanol–water partition coefficient (Wildman–Crippen LogP) is 6.79. The fraction of sp³-hybridized carbons (Fsp3) is 0.0968. The van der Waals surface area contributed by atoms with Gasteiger partial charge in [-0.05, 0) is 84.3 Å². The lowest BCUT2D eigenvalue weighted by molar-refractivity contribution is 0.0696. The highest BCUT2D eigenvalue weighted by atomic mass is 35.5. The molecule has 0 saturated heterocycles. The van der Waals surface area contributed by atoms with Gasteiger partial charge in [0.15, 0.2) is 11.2 Å². The van der Waals surface area contributed by atoms with Gasteiger partial charge in [0.1, 0.15) is 0 Å². The third kappa shape index (κ3) is 5.52. The lowest BCUT2D eigenvalue weighted by Gasteiger charge is -2.15. The van der Waals surface area contributed by atoms with Crippen molar-refractivity contribution < 1.29 is 24.6 Å². The number of nitrogens with one attached hydrogen (secondary N) is 2. The lowest BCUT2D eigenvalue weighted by Crippen LogP contribution is -2.12. The smallest absolute Gasteiger partial charge is 0.335 e. The van der Waals surface area contributed by atoms with Crippen molar-refractivity contribution in [3.05, 3.63) is 120 Å². The van der Waals surface area contributed by atoms with Crippen molar-refractivity contribution in [2.45, 2.75) is 19.9 Å². The zero-order valence-corrected chi connectivity index (χ0v) is 23.1. The van der Waals surface area contributed by atoms with Crippen molar-refractivity contribution in [1.82, 2.24) is 4.98 Å². The van der Waals surface area contributed by atoms with Crippen LogP contribution in [0.1, 0.15) is 54.7 Å². The molecule has 8 nitrogen and oxygen atoms in total. The minimum atomic E-state index is -1.26. The molecule has 4 aromatic carbocycles. The van der Waals surface area contributed by atoms with Gasteiger partial charge in [-0.2, -0.15) is 0 Å². The van der Waals surface area contributed by atoms with E-state index in [1.165, 1.54) is 18.2 Å². The first kappa shape index (κ1) is 27.9. The molecule has 0 aliphatic carbocycles. The number of rotatable bonds is 8. The molecule has 206 valence electrons. The second kappa shape index (κ2) is 11.1. The summed E-state index contributed by atoms with van der Waals surface area (Å²) in [5, 5.41) is 23.5. The third-order valence-corrected chi connectivity index (χ3v) is 7.28. The van der Waals surface area contributed by atoms with E-state index in [4.69, 9.17) is 23.2 Å². The van der Waals surface area contributed by atoms with Crippen molar-refractivity contribution in [2.24, 2.45) is 0 Å². The van der Waals surface area contributed by atoms with Crippen molar-refractivity contribution >= 4 is 68.4 Å². The van der Waals surface area contributed by atoms with E-state index < -0.39 is 11.9 Å². The average Bonchev–Trinajstić information content (AvgIpc) is 2.95. The Hall–Kier alpha value is -4.66. The van der Waals surface area contributed by atoms with Crippen molar-refractivity contribution in [1.29, 1.82) is 0 Å². The quantitative estimate of drug-likeness (QED) is 0.116. The maximum atomic E-state index is 14.0. The highest BCUT2D eigenvalue weighted by Crippen LogP contribution is 2.28. The fourth-order valence-electron chi connectivity index (χ4n) is 4.79. The number of pyridine rings is 1. The Balaban J connectivity index is 1.56. The Morgan fingerprint density at radius 2 is 1.41 bits per heavy atom. The number of anilines is 1. The lowest BCUT2D eigenvalue weighted by atomic mass is 9.93. The van der Waals surface area contributed by atoms with Gasteiger partial charge in [-0.25, -0.2) is 9.59 Å². The number of carboxylic acids is 2. The average molecular weight is 589 g/mol. The summed E-state index contributed by atoms with van der Waals surface area (Å²) in [7, 11) is 0. The number of carboxylic acid groups (broad SMARTS) is 2. The topological polar surface area (TPSA) is 137 Å². The highest BCUT2D eigenvalue weighted by molar-refractivity contribution is 6.32. The summed E-state index contributed by atoms with van der Waals surface area (Å²) >= 11 is 12.4. The number of fused-ring (bicyclic) bond motifs is 2. The molecular formula is C31H22Cl2N2O6. The van der Waals surface area contributed by atoms with Gasteiger partial charge in [0.25, 0.3) is 0 Å². The number of benzene rings is 4. The number of carbonyl (C=O) groups excluding carboxylic acids is 1. The van der Waals surface area contributed by atoms with Gasteiger partial charge >= 0.3 is 11.9 Å². The minimum absolute atomic E-state index is 0.0452. The monoisotopic (exact) mass is 588 g/mol. The van der Waals surface area contributed by atoms with Gasteiger partial charge in [0.05, 0.1) is 16.6 Å². The van der Waals surface area contributed by atoms with Crippen LogP contribution in [0.3, 0.4) is 0 Å². The van der Waals surface area contributed by atoms with Crippen LogP contribution in [0.15, 0.2) is 71.5 Å². The van der Waals surface area contributed by atoms with E-state index >= 15 is 0 Å². The zero-order chi connectivity index (χ0) is 29.4. The summed E-state index contributed by atoms with van der Waals surface area (Å²) in [5.74, 6) is -2.85. The number of H-pyrrole nitrogens is 1. The molecule has 10 heteroatoms. The Labute approximate surface area is 243 Å².